The second-order valence-corrected chi connectivity index (χ2v) is 12.1. The van der Waals surface area contributed by atoms with Crippen LogP contribution in [0.4, 0.5) is 8.78 Å². The van der Waals surface area contributed by atoms with Crippen molar-refractivity contribution in [2.75, 3.05) is 13.1 Å². The van der Waals surface area contributed by atoms with Crippen molar-refractivity contribution in [2.24, 2.45) is 0 Å². The summed E-state index contributed by atoms with van der Waals surface area (Å²) in [6, 6.07) is 6.67. The fourth-order valence-corrected chi connectivity index (χ4v) is 6.89. The molecule has 8 nitrogen and oxygen atoms in total. The van der Waals surface area contributed by atoms with Gasteiger partial charge in [-0.3, -0.25) is 9.11 Å². The molecular weight excluding hydrogens is 528 g/mol. The lowest BCUT2D eigenvalue weighted by Gasteiger charge is -2.27. The summed E-state index contributed by atoms with van der Waals surface area (Å²) in [5.41, 5.74) is 1.81. The predicted molar refractivity (Wildman–Crippen MR) is 127 cm³/mol. The van der Waals surface area contributed by atoms with Crippen LogP contribution in [0.1, 0.15) is 35.1 Å². The van der Waals surface area contributed by atoms with Gasteiger partial charge in [0.1, 0.15) is 23.7 Å². The highest BCUT2D eigenvalue weighted by Crippen LogP contribution is 2.42. The number of aryl methyl sites for hydroxylation is 1. The molecule has 37 heavy (non-hydrogen) atoms. The van der Waals surface area contributed by atoms with Gasteiger partial charge >= 0.3 is 0 Å². The van der Waals surface area contributed by atoms with Gasteiger partial charge in [-0.15, -0.1) is 0 Å². The average Bonchev–Trinajstić information content (AvgIpc) is 2.84. The van der Waals surface area contributed by atoms with E-state index in [2.05, 4.69) is 4.58 Å². The van der Waals surface area contributed by atoms with Crippen LogP contribution in [-0.4, -0.2) is 39.0 Å². The van der Waals surface area contributed by atoms with Crippen LogP contribution in [0.2, 0.25) is 0 Å². The van der Waals surface area contributed by atoms with E-state index < -0.39 is 47.4 Å². The monoisotopic (exact) mass is 548 g/mol. The average molecular weight is 549 g/mol. The molecule has 0 radical (unpaired) electrons. The van der Waals surface area contributed by atoms with Crippen LogP contribution < -0.4 is 19.9 Å². The molecule has 0 bridgehead atoms. The fraction of sp³-hybridized carbons (Fsp3) is 0.240. The summed E-state index contributed by atoms with van der Waals surface area (Å²) in [5.74, 6) is -2.60. The van der Waals surface area contributed by atoms with Crippen LogP contribution in [0.5, 0.6) is 11.5 Å². The minimum atomic E-state index is -5.03. The number of nitrogens with zero attached hydrogens (tertiary/aromatic N) is 1. The molecular formula is C25H20F2NO7S2+. The largest absolute Gasteiger partial charge is 0.452 e. The van der Waals surface area contributed by atoms with Crippen LogP contribution in [0.15, 0.2) is 46.2 Å². The van der Waals surface area contributed by atoms with Gasteiger partial charge in [0.2, 0.25) is 11.2 Å². The maximum atomic E-state index is 15.1. The first-order valence-electron chi connectivity index (χ1n) is 11.5. The number of hydrogen-bond acceptors (Lipinski definition) is 5. The zero-order valence-corrected chi connectivity index (χ0v) is 20.8. The summed E-state index contributed by atoms with van der Waals surface area (Å²) < 4.78 is 105. The van der Waals surface area contributed by atoms with E-state index in [1.807, 2.05) is 6.07 Å². The fourth-order valence-electron chi connectivity index (χ4n) is 5.58. The molecule has 0 aromatic heterocycles. The quantitative estimate of drug-likeness (QED) is 0.297. The van der Waals surface area contributed by atoms with Crippen molar-refractivity contribution in [2.45, 2.75) is 35.5 Å². The number of rotatable bonds is 3. The van der Waals surface area contributed by atoms with E-state index in [1.165, 1.54) is 6.07 Å². The highest BCUT2D eigenvalue weighted by Gasteiger charge is 2.34. The molecule has 2 N–H and O–H groups in total. The number of fused-ring (bicyclic) bond motifs is 3. The summed E-state index contributed by atoms with van der Waals surface area (Å²) >= 11 is 0. The van der Waals surface area contributed by atoms with Crippen molar-refractivity contribution in [3.05, 3.63) is 80.9 Å². The molecule has 3 heterocycles. The van der Waals surface area contributed by atoms with Gasteiger partial charge in [-0.2, -0.15) is 21.2 Å². The number of ether oxygens (including phenoxy) is 1. The van der Waals surface area contributed by atoms with E-state index in [4.69, 9.17) is 4.74 Å². The topological polar surface area (TPSA) is 121 Å². The van der Waals surface area contributed by atoms with E-state index in [1.54, 1.807) is 0 Å². The molecule has 0 fully saturated rings. The Hall–Kier alpha value is -3.19. The van der Waals surface area contributed by atoms with Crippen molar-refractivity contribution in [3.8, 4) is 11.5 Å². The number of benzene rings is 3. The van der Waals surface area contributed by atoms with Gasteiger partial charge < -0.3 is 4.74 Å². The van der Waals surface area contributed by atoms with Crippen molar-refractivity contribution >= 4 is 25.8 Å². The van der Waals surface area contributed by atoms with Gasteiger partial charge in [-0.25, -0.2) is 8.97 Å². The lowest BCUT2D eigenvalue weighted by atomic mass is 9.87. The van der Waals surface area contributed by atoms with E-state index in [0.29, 0.717) is 17.7 Å². The SMILES string of the molecule is O=S(=O)(O)c1ccc(C2=c3cc4c5c(c3Oc3c2ccc(F)c3F)CCC[N+]=5CCC4)c(S(=O)(=O)O)c1. The van der Waals surface area contributed by atoms with E-state index in [9.17, 15) is 30.3 Å². The van der Waals surface area contributed by atoms with Crippen LogP contribution >= 0.6 is 0 Å². The summed E-state index contributed by atoms with van der Waals surface area (Å²) in [6.45, 7) is 1.69. The maximum Gasteiger partial charge on any atom is 0.295 e. The third kappa shape index (κ3) is 3.78. The van der Waals surface area contributed by atoms with Crippen LogP contribution in [0.3, 0.4) is 0 Å². The first-order valence-corrected chi connectivity index (χ1v) is 14.4. The van der Waals surface area contributed by atoms with Gasteiger partial charge in [-0.05, 0) is 43.2 Å². The minimum Gasteiger partial charge on any atom is -0.452 e. The Morgan fingerprint density at radius 3 is 2.24 bits per heavy atom. The molecule has 3 aliphatic rings. The Morgan fingerprint density at radius 1 is 0.838 bits per heavy atom. The molecule has 0 spiro atoms. The molecule has 192 valence electrons. The Morgan fingerprint density at radius 2 is 1.54 bits per heavy atom. The summed E-state index contributed by atoms with van der Waals surface area (Å²) in [7, 11) is -9.85. The molecule has 3 aliphatic heterocycles. The van der Waals surface area contributed by atoms with Gasteiger partial charge in [0.15, 0.2) is 11.6 Å². The van der Waals surface area contributed by atoms with Crippen LogP contribution in [-0.2, 0) is 33.1 Å². The Labute approximate surface area is 210 Å². The van der Waals surface area contributed by atoms with Crippen molar-refractivity contribution in [3.63, 3.8) is 0 Å². The zero-order valence-electron chi connectivity index (χ0n) is 19.2. The molecule has 0 unspecified atom stereocenters. The lowest BCUT2D eigenvalue weighted by molar-refractivity contribution is 0.397. The zero-order chi connectivity index (χ0) is 26.3. The number of halogens is 2. The van der Waals surface area contributed by atoms with E-state index in [0.717, 1.165) is 67.0 Å². The summed E-state index contributed by atoms with van der Waals surface area (Å²) in [6.07, 6.45) is 3.06. The van der Waals surface area contributed by atoms with Crippen molar-refractivity contribution in [1.82, 2.24) is 4.58 Å². The Balaban J connectivity index is 1.82. The standard InChI is InChI=1S/C25H19F2NO7S2/c26-19-8-7-16-21(15-6-5-14(36(29,30)31)12-20(15)37(32,33)34)18-11-13-3-1-9-28-10-2-4-17(23(13)28)24(18)35-25(16)22(19)27/h5-8,11-12H,1-4,9-10H2,(H-,29,30,31,32,33,34)/p+1. The first kappa shape index (κ1) is 24.2. The molecule has 0 atom stereocenters. The molecule has 3 aromatic rings. The molecule has 0 saturated carbocycles. The third-order valence-electron chi connectivity index (χ3n) is 7.06. The Kier molecular flexibility index (Phi) is 5.33. The van der Waals surface area contributed by atoms with E-state index in [-0.39, 0.29) is 22.4 Å². The molecule has 0 aliphatic carbocycles. The first-order chi connectivity index (χ1) is 17.4. The summed E-state index contributed by atoms with van der Waals surface area (Å²) in [4.78, 5) is -1.56. The predicted octanol–water partition coefficient (Wildman–Crippen LogP) is 2.19. The van der Waals surface area contributed by atoms with Gasteiger partial charge in [0.05, 0.1) is 10.5 Å². The maximum absolute atomic E-state index is 15.1. The van der Waals surface area contributed by atoms with Crippen molar-refractivity contribution < 1.29 is 39.5 Å². The highest BCUT2D eigenvalue weighted by molar-refractivity contribution is 7.86. The second kappa shape index (κ2) is 8.15. The summed E-state index contributed by atoms with van der Waals surface area (Å²) in [5, 5.41) is 1.40. The molecule has 0 saturated heterocycles. The minimum absolute atomic E-state index is 0.0338. The second-order valence-electron chi connectivity index (χ2n) is 9.26. The van der Waals surface area contributed by atoms with Gasteiger partial charge in [-0.1, -0.05) is 6.07 Å². The molecule has 0 amide bonds. The van der Waals surface area contributed by atoms with Gasteiger partial charge in [0.25, 0.3) is 20.2 Å². The number of hydrogen-bond donors (Lipinski definition) is 2. The normalized spacial score (nSPS) is 16.5. The molecule has 3 aromatic carbocycles. The van der Waals surface area contributed by atoms with Crippen LogP contribution in [0, 0.1) is 11.6 Å². The van der Waals surface area contributed by atoms with Gasteiger partial charge in [0, 0.05) is 40.3 Å². The highest BCUT2D eigenvalue weighted by atomic mass is 32.2. The van der Waals surface area contributed by atoms with Crippen molar-refractivity contribution in [1.29, 1.82) is 0 Å². The van der Waals surface area contributed by atoms with E-state index >= 15 is 4.39 Å². The molecule has 12 heteroatoms. The molecule has 6 rings (SSSR count). The smallest absolute Gasteiger partial charge is 0.295 e. The Bertz CT molecular complexity index is 1880. The third-order valence-corrected chi connectivity index (χ3v) is 8.81. The lowest BCUT2D eigenvalue weighted by Crippen LogP contribution is -2.45. The van der Waals surface area contributed by atoms with Crippen LogP contribution in [0.25, 0.3) is 5.57 Å².